The molecule has 1 atom stereocenters. The van der Waals surface area contributed by atoms with Crippen LogP contribution in [0.4, 0.5) is 0 Å². The summed E-state index contributed by atoms with van der Waals surface area (Å²) in [4.78, 5) is 10.4. The number of carbonyl (C=O) groups is 1. The third-order valence-electron chi connectivity index (χ3n) is 3.74. The van der Waals surface area contributed by atoms with Crippen molar-refractivity contribution in [2.75, 3.05) is 26.4 Å². The van der Waals surface area contributed by atoms with Gasteiger partial charge in [0.2, 0.25) is 0 Å². The molecule has 0 heterocycles. The first-order valence-corrected chi connectivity index (χ1v) is 11.9. The van der Waals surface area contributed by atoms with Gasteiger partial charge in [-0.25, -0.2) is 0 Å². The molecule has 0 spiro atoms. The van der Waals surface area contributed by atoms with Crippen LogP contribution in [-0.4, -0.2) is 37.5 Å². The molecule has 0 amide bonds. The first-order chi connectivity index (χ1) is 14.4. The fourth-order valence-electron chi connectivity index (χ4n) is 1.53. The van der Waals surface area contributed by atoms with E-state index in [1.54, 1.807) is 0 Å². The molecule has 0 saturated carbocycles. The second-order valence-corrected chi connectivity index (χ2v) is 6.82. The maximum Gasteiger partial charge on any atom is 4.00 e. The summed E-state index contributed by atoms with van der Waals surface area (Å²) in [6.07, 6.45) is 11.2. The minimum atomic E-state index is -0.643. The van der Waals surface area contributed by atoms with E-state index in [1.807, 2.05) is 34.6 Å². The van der Waals surface area contributed by atoms with Crippen molar-refractivity contribution in [3.8, 4) is 0 Å². The summed E-state index contributed by atoms with van der Waals surface area (Å²) < 4.78 is 0. The summed E-state index contributed by atoms with van der Waals surface area (Å²) in [6.45, 7) is 12.4. The first kappa shape index (κ1) is 44.7. The Balaban J connectivity index is -0.0000000652. The van der Waals surface area contributed by atoms with Crippen LogP contribution in [0.5, 0.6) is 0 Å². The van der Waals surface area contributed by atoms with Crippen LogP contribution in [0.3, 0.4) is 0 Å². The number of unbranched alkanes of at least 4 members (excludes halogenated alkanes) is 5. The maximum absolute atomic E-state index is 10.4. The third kappa shape index (κ3) is 72.6. The Labute approximate surface area is 208 Å². The van der Waals surface area contributed by atoms with Gasteiger partial charge in [0.15, 0.2) is 0 Å². The molecule has 1 N–H and O–H groups in total. The first-order valence-electron chi connectivity index (χ1n) is 11.9. The quantitative estimate of drug-likeness (QED) is 0.400. The molecule has 0 saturated heterocycles. The van der Waals surface area contributed by atoms with Crippen molar-refractivity contribution in [2.24, 2.45) is 5.92 Å². The van der Waals surface area contributed by atoms with Gasteiger partial charge in [0.25, 0.3) is 0 Å². The van der Waals surface area contributed by atoms with Gasteiger partial charge >= 0.3 is 27.7 Å². The summed E-state index contributed by atoms with van der Waals surface area (Å²) in [5.41, 5.74) is 0. The van der Waals surface area contributed by atoms with E-state index < -0.39 is 5.97 Å². The Morgan fingerprint density at radius 3 is 0.968 bits per heavy atom. The number of hydrogen-bond donors (Lipinski definition) is 1. The fraction of sp³-hybridized carbons (Fsp3) is 0.958. The van der Waals surface area contributed by atoms with Crippen molar-refractivity contribution < 1.29 is 52.0 Å². The van der Waals surface area contributed by atoms with E-state index in [9.17, 15) is 25.2 Å². The molecule has 0 rings (SSSR count). The van der Waals surface area contributed by atoms with Crippen LogP contribution in [-0.2, 0) is 26.5 Å². The predicted octanol–water partition coefficient (Wildman–Crippen LogP) is 2.87. The third-order valence-corrected chi connectivity index (χ3v) is 3.74. The normalized spacial score (nSPS) is 9.61. The van der Waals surface area contributed by atoms with Crippen molar-refractivity contribution in [1.29, 1.82) is 0 Å². The minimum Gasteiger partial charge on any atom is -0.854 e. The van der Waals surface area contributed by atoms with Crippen LogP contribution in [0.2, 0.25) is 0 Å². The molecule has 0 bridgehead atoms. The van der Waals surface area contributed by atoms with E-state index >= 15 is 0 Å². The van der Waals surface area contributed by atoms with Gasteiger partial charge < -0.3 is 25.5 Å². The van der Waals surface area contributed by atoms with Gasteiger partial charge in [-0.1, -0.05) is 106 Å². The molecule has 7 heteroatoms. The van der Waals surface area contributed by atoms with Crippen LogP contribution >= 0.6 is 0 Å². The monoisotopic (exact) mass is 484 g/mol. The molecule has 0 aromatic carbocycles. The summed E-state index contributed by atoms with van der Waals surface area (Å²) in [6, 6.07) is 0. The number of hydrogen-bond acceptors (Lipinski definition) is 5. The van der Waals surface area contributed by atoms with E-state index in [4.69, 9.17) is 5.11 Å². The predicted molar refractivity (Wildman–Crippen MR) is 120 cm³/mol. The van der Waals surface area contributed by atoms with Crippen LogP contribution in [0, 0.1) is 5.92 Å². The number of rotatable bonds is 13. The molecule has 0 aliphatic rings. The average Bonchev–Trinajstić information content (AvgIpc) is 2.73. The van der Waals surface area contributed by atoms with Gasteiger partial charge in [-0.3, -0.25) is 4.79 Å². The van der Waals surface area contributed by atoms with Crippen LogP contribution in [0.25, 0.3) is 0 Å². The summed E-state index contributed by atoms with van der Waals surface area (Å²) in [5.74, 6) is -0.754. The van der Waals surface area contributed by atoms with E-state index in [0.29, 0.717) is 0 Å². The van der Waals surface area contributed by atoms with Gasteiger partial charge in [-0.2, -0.15) is 0 Å². The average molecular weight is 485 g/mol. The van der Waals surface area contributed by atoms with Crippen LogP contribution < -0.4 is 20.4 Å². The van der Waals surface area contributed by atoms with E-state index in [-0.39, 0.29) is 54.1 Å². The number of carboxylic acids is 1. The summed E-state index contributed by atoms with van der Waals surface area (Å²) in [5, 5.41) is 46.7. The minimum absolute atomic E-state index is 0. The zero-order valence-electron chi connectivity index (χ0n) is 21.4. The molecule has 0 aliphatic carbocycles. The van der Waals surface area contributed by atoms with Gasteiger partial charge in [-0.05, 0) is 12.8 Å². The zero-order chi connectivity index (χ0) is 24.5. The van der Waals surface area contributed by atoms with Crippen molar-refractivity contribution in [3.05, 3.63) is 0 Å². The van der Waals surface area contributed by atoms with Crippen LogP contribution in [0.15, 0.2) is 0 Å². The summed E-state index contributed by atoms with van der Waals surface area (Å²) >= 11 is 0. The molecular formula is C24H52O6Ti. The Morgan fingerprint density at radius 1 is 0.613 bits per heavy atom. The van der Waals surface area contributed by atoms with Crippen LogP contribution in [0.1, 0.15) is 119 Å². The van der Waals surface area contributed by atoms with Gasteiger partial charge in [0, 0.05) is 0 Å². The topological polar surface area (TPSA) is 130 Å². The van der Waals surface area contributed by atoms with E-state index in [1.165, 1.54) is 0 Å². The molecule has 0 radical (unpaired) electrons. The molecule has 188 valence electrons. The molecule has 31 heavy (non-hydrogen) atoms. The second-order valence-electron chi connectivity index (χ2n) is 6.82. The molecule has 0 aromatic rings. The molecule has 6 nitrogen and oxygen atoms in total. The van der Waals surface area contributed by atoms with E-state index in [0.717, 1.165) is 77.0 Å². The molecular weight excluding hydrogens is 432 g/mol. The SMILES string of the molecule is CCCCC(CC)C(=O)O.CCCC[O-].CCCC[O-].CCCC[O-].CCCC[O-].[Ti+4]. The van der Waals surface area contributed by atoms with E-state index in [2.05, 4.69) is 6.92 Å². The summed E-state index contributed by atoms with van der Waals surface area (Å²) in [7, 11) is 0. The second kappa shape index (κ2) is 52.1. The smallest absolute Gasteiger partial charge is 0.854 e. The van der Waals surface area contributed by atoms with Gasteiger partial charge in [0.05, 0.1) is 5.92 Å². The van der Waals surface area contributed by atoms with Crippen molar-refractivity contribution >= 4 is 5.97 Å². The number of carboxylic acid groups (broad SMARTS) is 1. The molecule has 1 unspecified atom stereocenters. The van der Waals surface area contributed by atoms with Gasteiger partial charge in [-0.15, -0.1) is 26.4 Å². The standard InChI is InChI=1S/C8H16O2.4C4H9O.Ti/c1-3-5-6-7(4-2)8(9)10;4*1-2-3-4-5;/h7H,3-6H2,1-2H3,(H,9,10);4*2-4H2,1H3;/q;4*-1;+4. The largest absolute Gasteiger partial charge is 4.00 e. The molecule has 0 aliphatic heterocycles. The van der Waals surface area contributed by atoms with Crippen molar-refractivity contribution in [1.82, 2.24) is 0 Å². The zero-order valence-corrected chi connectivity index (χ0v) is 22.9. The van der Waals surface area contributed by atoms with Crippen molar-refractivity contribution in [2.45, 2.75) is 119 Å². The van der Waals surface area contributed by atoms with Crippen molar-refractivity contribution in [3.63, 3.8) is 0 Å². The fourth-order valence-corrected chi connectivity index (χ4v) is 1.53. The Bertz CT molecular complexity index is 224. The molecule has 0 fully saturated rings. The van der Waals surface area contributed by atoms with Gasteiger partial charge in [0.1, 0.15) is 0 Å². The Kier molecular flexibility index (Phi) is 75.1. The Morgan fingerprint density at radius 2 is 0.871 bits per heavy atom. The molecule has 0 aromatic heterocycles. The Hall–Kier alpha value is 0.0243. The number of aliphatic carboxylic acids is 1. The maximum atomic E-state index is 10.4.